The van der Waals surface area contributed by atoms with Crippen molar-refractivity contribution in [2.75, 3.05) is 5.32 Å². The van der Waals surface area contributed by atoms with Gasteiger partial charge < -0.3 is 9.73 Å². The Morgan fingerprint density at radius 2 is 1.85 bits per heavy atom. The van der Waals surface area contributed by atoms with E-state index in [2.05, 4.69) is 10.3 Å². The molecular weight excluding hydrogens is 348 g/mol. The van der Waals surface area contributed by atoms with Gasteiger partial charge >= 0.3 is 0 Å². The highest BCUT2D eigenvalue weighted by Gasteiger charge is 2.14. The van der Waals surface area contributed by atoms with Gasteiger partial charge in [0.05, 0.1) is 5.69 Å². The summed E-state index contributed by atoms with van der Waals surface area (Å²) in [6, 6.07) is 9.29. The van der Waals surface area contributed by atoms with Crippen LogP contribution < -0.4 is 5.32 Å². The van der Waals surface area contributed by atoms with E-state index < -0.39 is 0 Å². The maximum absolute atomic E-state index is 12.1. The predicted molar refractivity (Wildman–Crippen MR) is 103 cm³/mol. The molecule has 3 rings (SSSR count). The van der Waals surface area contributed by atoms with Crippen molar-refractivity contribution in [1.29, 1.82) is 0 Å². The first-order valence-corrected chi connectivity index (χ1v) is 9.23. The molecule has 0 unspecified atom stereocenters. The van der Waals surface area contributed by atoms with Crippen LogP contribution in [0, 0.1) is 20.8 Å². The summed E-state index contributed by atoms with van der Waals surface area (Å²) in [5, 5.41) is 5.16. The Kier molecular flexibility index (Phi) is 5.32. The van der Waals surface area contributed by atoms with Gasteiger partial charge in [0.15, 0.2) is 10.9 Å². The van der Waals surface area contributed by atoms with Crippen LogP contribution in [0.4, 0.5) is 5.13 Å². The van der Waals surface area contributed by atoms with E-state index in [4.69, 9.17) is 4.42 Å². The molecule has 3 aromatic rings. The number of carbonyl (C=O) groups is 2. The minimum atomic E-state index is -0.216. The lowest BCUT2D eigenvalue weighted by atomic mass is 10.1. The molecule has 0 fully saturated rings. The lowest BCUT2D eigenvalue weighted by Crippen LogP contribution is -2.13. The second kappa shape index (κ2) is 7.66. The van der Waals surface area contributed by atoms with Crippen LogP contribution in [0.15, 0.2) is 40.1 Å². The third kappa shape index (κ3) is 4.26. The second-order valence-corrected chi connectivity index (χ2v) is 7.06. The largest absolute Gasteiger partial charge is 0.466 e. The molecule has 1 aromatic carbocycles. The number of hydrogen-bond acceptors (Lipinski definition) is 5. The van der Waals surface area contributed by atoms with Crippen molar-refractivity contribution in [3.05, 3.63) is 58.4 Å². The second-order valence-electron chi connectivity index (χ2n) is 6.20. The molecule has 26 heavy (non-hydrogen) atoms. The number of anilines is 1. The minimum Gasteiger partial charge on any atom is -0.466 e. The predicted octanol–water partition coefficient (Wildman–Crippen LogP) is 4.93. The van der Waals surface area contributed by atoms with Crippen LogP contribution in [0.25, 0.3) is 11.3 Å². The Morgan fingerprint density at radius 3 is 2.50 bits per heavy atom. The highest BCUT2D eigenvalue weighted by Crippen LogP contribution is 2.29. The SMILES string of the molecule is Cc1ccc(C(=O)CCC(=O)Nc2nc(-c3cc(C)oc3C)cs2)cc1. The molecule has 0 saturated heterocycles. The van der Waals surface area contributed by atoms with Crippen LogP contribution in [-0.4, -0.2) is 16.7 Å². The van der Waals surface area contributed by atoms with Crippen LogP contribution >= 0.6 is 11.3 Å². The maximum Gasteiger partial charge on any atom is 0.226 e. The summed E-state index contributed by atoms with van der Waals surface area (Å²) in [5.41, 5.74) is 3.43. The normalized spacial score (nSPS) is 10.7. The molecule has 0 atom stereocenters. The lowest BCUT2D eigenvalue weighted by molar-refractivity contribution is -0.116. The van der Waals surface area contributed by atoms with Crippen molar-refractivity contribution in [2.24, 2.45) is 0 Å². The third-order valence-corrected chi connectivity index (χ3v) is 4.78. The Labute approximate surface area is 156 Å². The fourth-order valence-electron chi connectivity index (χ4n) is 2.63. The van der Waals surface area contributed by atoms with Crippen molar-refractivity contribution in [3.8, 4) is 11.3 Å². The number of Topliss-reactive ketones (excluding diaryl/α,β-unsaturated/α-hetero) is 1. The molecule has 0 aliphatic rings. The van der Waals surface area contributed by atoms with Gasteiger partial charge in [0.2, 0.25) is 5.91 Å². The lowest BCUT2D eigenvalue weighted by Gasteiger charge is -2.02. The summed E-state index contributed by atoms with van der Waals surface area (Å²) < 4.78 is 5.51. The number of aromatic nitrogens is 1. The summed E-state index contributed by atoms with van der Waals surface area (Å²) in [6.45, 7) is 5.74. The van der Waals surface area contributed by atoms with Gasteiger partial charge in [-0.25, -0.2) is 4.98 Å². The number of nitrogens with zero attached hydrogens (tertiary/aromatic N) is 1. The number of benzene rings is 1. The van der Waals surface area contributed by atoms with Gasteiger partial charge in [-0.3, -0.25) is 9.59 Å². The number of rotatable bonds is 6. The molecule has 134 valence electrons. The molecule has 1 amide bonds. The number of nitrogens with one attached hydrogen (secondary N) is 1. The van der Waals surface area contributed by atoms with Gasteiger partial charge in [-0.05, 0) is 26.8 Å². The third-order valence-electron chi connectivity index (χ3n) is 4.02. The van der Waals surface area contributed by atoms with E-state index >= 15 is 0 Å². The Bertz CT molecular complexity index is 938. The number of thiazole rings is 1. The topological polar surface area (TPSA) is 72.2 Å². The Morgan fingerprint density at radius 1 is 1.12 bits per heavy atom. The van der Waals surface area contributed by atoms with Crippen molar-refractivity contribution in [3.63, 3.8) is 0 Å². The molecule has 6 heteroatoms. The van der Waals surface area contributed by atoms with Crippen molar-refractivity contribution in [1.82, 2.24) is 4.98 Å². The van der Waals surface area contributed by atoms with Gasteiger partial charge in [0, 0.05) is 29.3 Å². The van der Waals surface area contributed by atoms with Gasteiger partial charge in [0.25, 0.3) is 0 Å². The monoisotopic (exact) mass is 368 g/mol. The van der Waals surface area contributed by atoms with Gasteiger partial charge in [0.1, 0.15) is 11.5 Å². The highest BCUT2D eigenvalue weighted by atomic mass is 32.1. The first-order chi connectivity index (χ1) is 12.4. The van der Waals surface area contributed by atoms with E-state index in [9.17, 15) is 9.59 Å². The molecule has 0 aliphatic carbocycles. The van der Waals surface area contributed by atoms with Gasteiger partial charge in [-0.15, -0.1) is 11.3 Å². The molecule has 2 heterocycles. The average Bonchev–Trinajstić information content (AvgIpc) is 3.19. The molecule has 0 radical (unpaired) electrons. The van der Waals surface area contributed by atoms with E-state index in [1.807, 2.05) is 44.4 Å². The number of ketones is 1. The molecule has 0 bridgehead atoms. The van der Waals surface area contributed by atoms with E-state index in [1.165, 1.54) is 11.3 Å². The van der Waals surface area contributed by atoms with E-state index in [0.29, 0.717) is 10.7 Å². The van der Waals surface area contributed by atoms with Crippen LogP contribution in [0.3, 0.4) is 0 Å². The molecular formula is C20H20N2O3S. The van der Waals surface area contributed by atoms with Crippen LogP contribution in [0.1, 0.15) is 40.3 Å². The first kappa shape index (κ1) is 18.1. The minimum absolute atomic E-state index is 0.0375. The van der Waals surface area contributed by atoms with Crippen LogP contribution in [0.2, 0.25) is 0 Å². The zero-order valence-electron chi connectivity index (χ0n) is 15.0. The number of furan rings is 1. The van der Waals surface area contributed by atoms with Crippen molar-refractivity contribution < 1.29 is 14.0 Å². The molecule has 5 nitrogen and oxygen atoms in total. The quantitative estimate of drug-likeness (QED) is 0.626. The van der Waals surface area contributed by atoms with Crippen LogP contribution in [0.5, 0.6) is 0 Å². The summed E-state index contributed by atoms with van der Waals surface area (Å²) in [6.07, 6.45) is 0.304. The summed E-state index contributed by atoms with van der Waals surface area (Å²) in [5.74, 6) is 1.37. The van der Waals surface area contributed by atoms with Crippen molar-refractivity contribution in [2.45, 2.75) is 33.6 Å². The van der Waals surface area contributed by atoms with Gasteiger partial charge in [-0.2, -0.15) is 0 Å². The van der Waals surface area contributed by atoms with E-state index in [-0.39, 0.29) is 24.5 Å². The standard InChI is InChI=1S/C20H20N2O3S/c1-12-4-6-15(7-5-12)18(23)8-9-19(24)22-20-21-17(11-26-20)16-10-13(2)25-14(16)3/h4-7,10-11H,8-9H2,1-3H3,(H,21,22,24). The van der Waals surface area contributed by atoms with E-state index in [0.717, 1.165) is 28.3 Å². The Balaban J connectivity index is 1.56. The molecule has 2 aromatic heterocycles. The average molecular weight is 368 g/mol. The zero-order chi connectivity index (χ0) is 18.7. The van der Waals surface area contributed by atoms with Gasteiger partial charge in [-0.1, -0.05) is 29.8 Å². The molecule has 0 aliphatic heterocycles. The molecule has 1 N–H and O–H groups in total. The van der Waals surface area contributed by atoms with Crippen LogP contribution in [-0.2, 0) is 4.79 Å². The highest BCUT2D eigenvalue weighted by molar-refractivity contribution is 7.14. The molecule has 0 spiro atoms. The Hall–Kier alpha value is -2.73. The fourth-order valence-corrected chi connectivity index (χ4v) is 3.36. The fraction of sp³-hybridized carbons (Fsp3) is 0.250. The number of carbonyl (C=O) groups excluding carboxylic acids is 2. The zero-order valence-corrected chi connectivity index (χ0v) is 15.8. The number of aryl methyl sites for hydroxylation is 3. The van der Waals surface area contributed by atoms with E-state index in [1.54, 1.807) is 12.1 Å². The van der Waals surface area contributed by atoms with Crippen molar-refractivity contribution >= 4 is 28.2 Å². The maximum atomic E-state index is 12.1. The smallest absolute Gasteiger partial charge is 0.226 e. The summed E-state index contributed by atoms with van der Waals surface area (Å²) >= 11 is 1.35. The molecule has 0 saturated carbocycles. The number of hydrogen-bond donors (Lipinski definition) is 1. The summed E-state index contributed by atoms with van der Waals surface area (Å²) in [4.78, 5) is 28.7. The number of amides is 1. The first-order valence-electron chi connectivity index (χ1n) is 8.35. The summed E-state index contributed by atoms with van der Waals surface area (Å²) in [7, 11) is 0.